The number of phenolic OH excluding ortho intramolecular Hbond substituents is 1. The van der Waals surface area contributed by atoms with Crippen LogP contribution in [0.4, 0.5) is 0 Å². The van der Waals surface area contributed by atoms with Crippen molar-refractivity contribution in [1.29, 1.82) is 0 Å². The number of hydrogen-bond acceptors (Lipinski definition) is 3. The maximum absolute atomic E-state index is 10.1. The van der Waals surface area contributed by atoms with Crippen LogP contribution in [-0.4, -0.2) is 18.3 Å². The van der Waals surface area contributed by atoms with Crippen molar-refractivity contribution >= 4 is 11.6 Å². The Kier molecular flexibility index (Phi) is 2.76. The summed E-state index contributed by atoms with van der Waals surface area (Å²) in [4.78, 5) is 0. The quantitative estimate of drug-likeness (QED) is 0.855. The smallest absolute Gasteiger partial charge is 0.162 e. The molecule has 1 aliphatic carbocycles. The Morgan fingerprint density at radius 3 is 2.56 bits per heavy atom. The number of aromatic hydroxyl groups is 1. The van der Waals surface area contributed by atoms with E-state index in [2.05, 4.69) is 0 Å². The van der Waals surface area contributed by atoms with Crippen LogP contribution in [0.2, 0.25) is 5.02 Å². The second kappa shape index (κ2) is 3.82. The van der Waals surface area contributed by atoms with Crippen molar-refractivity contribution in [3.8, 4) is 11.5 Å². The molecular formula is C12H16ClNO2. The lowest BCUT2D eigenvalue weighted by atomic mass is 9.88. The van der Waals surface area contributed by atoms with Crippen LogP contribution in [0, 0.1) is 0 Å². The molecule has 0 aliphatic heterocycles. The minimum absolute atomic E-state index is 0.00146. The monoisotopic (exact) mass is 241 g/mol. The van der Waals surface area contributed by atoms with Gasteiger partial charge in [0.05, 0.1) is 7.11 Å². The minimum Gasteiger partial charge on any atom is -0.504 e. The fourth-order valence-electron chi connectivity index (χ4n) is 2.21. The number of hydrogen-bond donors (Lipinski definition) is 2. The van der Waals surface area contributed by atoms with E-state index in [1.807, 2.05) is 6.92 Å². The number of phenols is 1. The number of rotatable bonds is 3. The van der Waals surface area contributed by atoms with Gasteiger partial charge < -0.3 is 15.6 Å². The van der Waals surface area contributed by atoms with Crippen LogP contribution < -0.4 is 10.5 Å². The molecular weight excluding hydrogens is 226 g/mol. The van der Waals surface area contributed by atoms with Crippen LogP contribution in [-0.2, 0) is 5.41 Å². The molecule has 4 heteroatoms. The van der Waals surface area contributed by atoms with Gasteiger partial charge in [-0.2, -0.15) is 0 Å². The van der Waals surface area contributed by atoms with Crippen molar-refractivity contribution in [3.63, 3.8) is 0 Å². The molecule has 1 fully saturated rings. The average molecular weight is 242 g/mol. The highest BCUT2D eigenvalue weighted by atomic mass is 35.5. The molecule has 0 aromatic heterocycles. The van der Waals surface area contributed by atoms with Gasteiger partial charge in [0.25, 0.3) is 0 Å². The molecule has 88 valence electrons. The maximum Gasteiger partial charge on any atom is 0.162 e. The zero-order valence-electron chi connectivity index (χ0n) is 9.46. The van der Waals surface area contributed by atoms with Crippen molar-refractivity contribution in [3.05, 3.63) is 22.7 Å². The molecule has 3 N–H and O–H groups in total. The summed E-state index contributed by atoms with van der Waals surface area (Å²) in [6.07, 6.45) is 1.98. The molecule has 1 aromatic carbocycles. The largest absolute Gasteiger partial charge is 0.504 e. The number of ether oxygens (including phenoxy) is 1. The van der Waals surface area contributed by atoms with Crippen LogP contribution >= 0.6 is 11.6 Å². The second-order valence-corrected chi connectivity index (χ2v) is 4.89. The molecule has 0 spiro atoms. The Hall–Kier alpha value is -0.930. The van der Waals surface area contributed by atoms with E-state index < -0.39 is 0 Å². The van der Waals surface area contributed by atoms with E-state index in [-0.39, 0.29) is 17.2 Å². The molecule has 0 saturated heterocycles. The van der Waals surface area contributed by atoms with Crippen LogP contribution in [0.15, 0.2) is 12.1 Å². The zero-order chi connectivity index (χ0) is 11.9. The minimum atomic E-state index is -0.123. The van der Waals surface area contributed by atoms with Gasteiger partial charge in [0.2, 0.25) is 0 Å². The average Bonchev–Trinajstić information content (AvgIpc) is 3.02. The first kappa shape index (κ1) is 11.6. The summed E-state index contributed by atoms with van der Waals surface area (Å²) in [7, 11) is 1.51. The highest BCUT2D eigenvalue weighted by molar-refractivity contribution is 6.30. The molecule has 0 radical (unpaired) electrons. The standard InChI is InChI=1S/C12H16ClNO2/c1-7(14)12(3-4-12)9-5-8(13)6-10(16-2)11(9)15/h5-7,15H,3-4,14H2,1-2H3. The first-order chi connectivity index (χ1) is 7.51. The van der Waals surface area contributed by atoms with Gasteiger partial charge in [-0.1, -0.05) is 11.6 Å². The summed E-state index contributed by atoms with van der Waals surface area (Å²) in [5, 5.41) is 10.7. The fraction of sp³-hybridized carbons (Fsp3) is 0.500. The molecule has 0 amide bonds. The molecule has 1 unspecified atom stereocenters. The normalized spacial score (nSPS) is 19.2. The van der Waals surface area contributed by atoms with Gasteiger partial charge in [-0.3, -0.25) is 0 Å². The molecule has 3 nitrogen and oxygen atoms in total. The molecule has 1 saturated carbocycles. The van der Waals surface area contributed by atoms with Gasteiger partial charge in [-0.05, 0) is 25.8 Å². The molecule has 2 rings (SSSR count). The summed E-state index contributed by atoms with van der Waals surface area (Å²) in [5.74, 6) is 0.580. The molecule has 0 heterocycles. The third kappa shape index (κ3) is 1.64. The Morgan fingerprint density at radius 1 is 1.50 bits per heavy atom. The summed E-state index contributed by atoms with van der Waals surface area (Å²) in [6, 6.07) is 3.40. The van der Waals surface area contributed by atoms with E-state index in [1.54, 1.807) is 12.1 Å². The lowest BCUT2D eigenvalue weighted by molar-refractivity contribution is 0.365. The van der Waals surface area contributed by atoms with Crippen molar-refractivity contribution in [2.45, 2.75) is 31.2 Å². The van der Waals surface area contributed by atoms with Crippen molar-refractivity contribution in [2.24, 2.45) is 5.73 Å². The Bertz CT molecular complexity index is 414. The van der Waals surface area contributed by atoms with Gasteiger partial charge in [0, 0.05) is 28.1 Å². The van der Waals surface area contributed by atoms with Crippen molar-refractivity contribution in [1.82, 2.24) is 0 Å². The van der Waals surface area contributed by atoms with E-state index in [1.165, 1.54) is 7.11 Å². The predicted octanol–water partition coefficient (Wildman–Crippen LogP) is 2.43. The number of methoxy groups -OCH3 is 1. The molecule has 0 bridgehead atoms. The summed E-state index contributed by atoms with van der Waals surface area (Å²) < 4.78 is 5.09. The fourth-order valence-corrected chi connectivity index (χ4v) is 2.42. The van der Waals surface area contributed by atoms with E-state index in [0.717, 1.165) is 18.4 Å². The van der Waals surface area contributed by atoms with Crippen LogP contribution in [0.3, 0.4) is 0 Å². The Morgan fingerprint density at radius 2 is 2.12 bits per heavy atom. The van der Waals surface area contributed by atoms with E-state index in [4.69, 9.17) is 22.1 Å². The lowest BCUT2D eigenvalue weighted by Gasteiger charge is -2.22. The van der Waals surface area contributed by atoms with E-state index >= 15 is 0 Å². The summed E-state index contributed by atoms with van der Waals surface area (Å²) >= 11 is 6.01. The maximum atomic E-state index is 10.1. The summed E-state index contributed by atoms with van der Waals surface area (Å²) in [5.41, 5.74) is 6.67. The first-order valence-corrected chi connectivity index (χ1v) is 5.71. The molecule has 1 aromatic rings. The third-order valence-electron chi connectivity index (χ3n) is 3.46. The van der Waals surface area contributed by atoms with Crippen molar-refractivity contribution < 1.29 is 9.84 Å². The highest BCUT2D eigenvalue weighted by Gasteiger charge is 2.49. The Labute approximate surface area is 100 Å². The van der Waals surface area contributed by atoms with Crippen LogP contribution in [0.5, 0.6) is 11.5 Å². The number of halogens is 1. The third-order valence-corrected chi connectivity index (χ3v) is 3.67. The number of nitrogens with two attached hydrogens (primary N) is 1. The SMILES string of the molecule is COc1cc(Cl)cc(C2(C(C)N)CC2)c1O. The first-order valence-electron chi connectivity index (χ1n) is 5.34. The zero-order valence-corrected chi connectivity index (χ0v) is 10.2. The van der Waals surface area contributed by atoms with Crippen LogP contribution in [0.1, 0.15) is 25.3 Å². The predicted molar refractivity (Wildman–Crippen MR) is 64.2 cm³/mol. The second-order valence-electron chi connectivity index (χ2n) is 4.45. The summed E-state index contributed by atoms with van der Waals surface area (Å²) in [6.45, 7) is 1.96. The van der Waals surface area contributed by atoms with Crippen LogP contribution in [0.25, 0.3) is 0 Å². The Balaban J connectivity index is 2.53. The molecule has 1 aliphatic rings. The number of benzene rings is 1. The van der Waals surface area contributed by atoms with Gasteiger partial charge in [-0.25, -0.2) is 0 Å². The molecule has 1 atom stereocenters. The van der Waals surface area contributed by atoms with Gasteiger partial charge >= 0.3 is 0 Å². The highest BCUT2D eigenvalue weighted by Crippen LogP contribution is 2.55. The van der Waals surface area contributed by atoms with E-state index in [0.29, 0.717) is 10.8 Å². The van der Waals surface area contributed by atoms with Gasteiger partial charge in [0.1, 0.15) is 0 Å². The van der Waals surface area contributed by atoms with Crippen molar-refractivity contribution in [2.75, 3.05) is 7.11 Å². The van der Waals surface area contributed by atoms with Gasteiger partial charge in [0.15, 0.2) is 11.5 Å². The van der Waals surface area contributed by atoms with Gasteiger partial charge in [-0.15, -0.1) is 0 Å². The topological polar surface area (TPSA) is 55.5 Å². The molecule has 16 heavy (non-hydrogen) atoms. The van der Waals surface area contributed by atoms with E-state index in [9.17, 15) is 5.11 Å². The lowest BCUT2D eigenvalue weighted by Crippen LogP contribution is -2.31.